The van der Waals surface area contributed by atoms with E-state index in [1.165, 1.54) is 21.3 Å². The highest BCUT2D eigenvalue weighted by Gasteiger charge is 2.36. The molecule has 150 valence electrons. The number of nitrogens with zero attached hydrogens (tertiary/aromatic N) is 1. The number of thioether (sulfide) groups is 1. The van der Waals surface area contributed by atoms with Crippen LogP contribution in [0.25, 0.3) is 6.08 Å². The Hall–Kier alpha value is -3.26. The number of ketones is 1. The molecule has 0 spiro atoms. The molecule has 0 saturated carbocycles. The first-order chi connectivity index (χ1) is 14.0. The van der Waals surface area contributed by atoms with Crippen LogP contribution in [0.15, 0.2) is 47.4 Å². The molecule has 0 atom stereocenters. The summed E-state index contributed by atoms with van der Waals surface area (Å²) in [7, 11) is 4.48. The smallest absolute Gasteiger partial charge is 0.293 e. The highest BCUT2D eigenvalue weighted by Crippen LogP contribution is 2.40. The van der Waals surface area contributed by atoms with Crippen molar-refractivity contribution in [2.45, 2.75) is 0 Å². The molecule has 2 amide bonds. The quantitative estimate of drug-likeness (QED) is 0.506. The predicted octanol–water partition coefficient (Wildman–Crippen LogP) is 3.63. The summed E-state index contributed by atoms with van der Waals surface area (Å²) in [6.45, 7) is -0.304. The van der Waals surface area contributed by atoms with Gasteiger partial charge in [-0.05, 0) is 35.5 Å². The molecule has 2 aromatic carbocycles. The summed E-state index contributed by atoms with van der Waals surface area (Å²) in [6.07, 6.45) is 1.56. The third kappa shape index (κ3) is 4.27. The van der Waals surface area contributed by atoms with E-state index in [1.807, 2.05) is 0 Å². The average Bonchev–Trinajstić information content (AvgIpc) is 3.00. The van der Waals surface area contributed by atoms with Crippen molar-refractivity contribution in [1.29, 1.82) is 0 Å². The first-order valence-corrected chi connectivity index (χ1v) is 9.43. The number of methoxy groups -OCH3 is 3. The van der Waals surface area contributed by atoms with Gasteiger partial charge in [0.2, 0.25) is 5.75 Å². The molecule has 1 fully saturated rings. The second-order valence-electron chi connectivity index (χ2n) is 6.02. The lowest BCUT2D eigenvalue weighted by atomic mass is 10.1. The standard InChI is InChI=1S/C21H19NO6S/c1-26-16-9-13(10-17(27-2)19(16)28-3)11-18-20(24)22(21(25)29-18)12-15(23)14-7-5-4-6-8-14/h4-11H,12H2,1-3H3/b18-11+. The monoisotopic (exact) mass is 413 g/mol. The van der Waals surface area contributed by atoms with Crippen molar-refractivity contribution in [2.75, 3.05) is 27.9 Å². The third-order valence-electron chi connectivity index (χ3n) is 4.26. The number of hydrogen-bond donors (Lipinski definition) is 0. The molecule has 1 saturated heterocycles. The van der Waals surface area contributed by atoms with E-state index in [9.17, 15) is 14.4 Å². The van der Waals surface area contributed by atoms with Gasteiger partial charge in [-0.15, -0.1) is 0 Å². The number of rotatable bonds is 7. The van der Waals surface area contributed by atoms with Gasteiger partial charge in [-0.2, -0.15) is 0 Å². The van der Waals surface area contributed by atoms with Crippen LogP contribution in [0.4, 0.5) is 4.79 Å². The average molecular weight is 413 g/mol. The van der Waals surface area contributed by atoms with Gasteiger partial charge in [0.05, 0.1) is 32.8 Å². The second-order valence-corrected chi connectivity index (χ2v) is 7.01. The van der Waals surface area contributed by atoms with Crippen molar-refractivity contribution >= 4 is 34.8 Å². The number of carbonyl (C=O) groups excluding carboxylic acids is 3. The summed E-state index contributed by atoms with van der Waals surface area (Å²) < 4.78 is 15.9. The van der Waals surface area contributed by atoms with E-state index in [2.05, 4.69) is 0 Å². The Kier molecular flexibility index (Phi) is 6.23. The first kappa shape index (κ1) is 20.5. The minimum atomic E-state index is -0.516. The Labute approximate surface area is 172 Å². The zero-order valence-electron chi connectivity index (χ0n) is 16.1. The minimum absolute atomic E-state index is 0.213. The number of amides is 2. The summed E-state index contributed by atoms with van der Waals surface area (Å²) in [6, 6.07) is 11.9. The molecular weight excluding hydrogens is 394 g/mol. The van der Waals surface area contributed by atoms with Gasteiger partial charge in [-0.25, -0.2) is 0 Å². The van der Waals surface area contributed by atoms with Crippen molar-refractivity contribution in [3.63, 3.8) is 0 Å². The normalized spacial score (nSPS) is 15.0. The fourth-order valence-electron chi connectivity index (χ4n) is 2.83. The molecule has 1 aliphatic rings. The van der Waals surface area contributed by atoms with Crippen LogP contribution >= 0.6 is 11.8 Å². The molecule has 0 N–H and O–H groups in total. The largest absolute Gasteiger partial charge is 0.493 e. The van der Waals surface area contributed by atoms with E-state index in [0.717, 1.165) is 16.7 Å². The van der Waals surface area contributed by atoms with E-state index in [0.29, 0.717) is 28.4 Å². The minimum Gasteiger partial charge on any atom is -0.493 e. The van der Waals surface area contributed by atoms with Crippen LogP contribution in [0.5, 0.6) is 17.2 Å². The molecule has 3 rings (SSSR count). The summed E-state index contributed by atoms with van der Waals surface area (Å²) in [5.74, 6) is 0.460. The fraction of sp³-hybridized carbons (Fsp3) is 0.190. The topological polar surface area (TPSA) is 82.1 Å². The Balaban J connectivity index is 1.85. The number of carbonyl (C=O) groups is 3. The molecule has 0 unspecified atom stereocenters. The highest BCUT2D eigenvalue weighted by molar-refractivity contribution is 8.18. The van der Waals surface area contributed by atoms with Gasteiger partial charge >= 0.3 is 0 Å². The fourth-order valence-corrected chi connectivity index (χ4v) is 3.67. The van der Waals surface area contributed by atoms with Crippen molar-refractivity contribution in [2.24, 2.45) is 0 Å². The molecule has 0 radical (unpaired) electrons. The Morgan fingerprint density at radius 1 is 1.00 bits per heavy atom. The lowest BCUT2D eigenvalue weighted by Gasteiger charge is -2.13. The lowest BCUT2D eigenvalue weighted by Crippen LogP contribution is -2.33. The van der Waals surface area contributed by atoms with E-state index < -0.39 is 11.1 Å². The zero-order chi connectivity index (χ0) is 21.0. The van der Waals surface area contributed by atoms with Gasteiger partial charge in [0.1, 0.15) is 0 Å². The number of ether oxygens (including phenoxy) is 3. The summed E-state index contributed by atoms with van der Waals surface area (Å²) in [5.41, 5.74) is 1.04. The van der Waals surface area contributed by atoms with Gasteiger partial charge in [0.15, 0.2) is 17.3 Å². The molecule has 2 aromatic rings. The van der Waals surface area contributed by atoms with Crippen LogP contribution in [0.3, 0.4) is 0 Å². The first-order valence-electron chi connectivity index (χ1n) is 8.62. The Morgan fingerprint density at radius 3 is 2.17 bits per heavy atom. The Morgan fingerprint density at radius 2 is 1.62 bits per heavy atom. The number of Topliss-reactive ketones (excluding diaryl/α,β-unsaturated/α-hetero) is 1. The van der Waals surface area contributed by atoms with Gasteiger partial charge in [-0.3, -0.25) is 19.3 Å². The predicted molar refractivity (Wildman–Crippen MR) is 110 cm³/mol. The Bertz CT molecular complexity index is 961. The van der Waals surface area contributed by atoms with Crippen molar-refractivity contribution in [3.05, 3.63) is 58.5 Å². The maximum atomic E-state index is 12.7. The lowest BCUT2D eigenvalue weighted by molar-refractivity contribution is -0.122. The number of benzene rings is 2. The van der Waals surface area contributed by atoms with Crippen LogP contribution in [0.2, 0.25) is 0 Å². The van der Waals surface area contributed by atoms with E-state index in [4.69, 9.17) is 14.2 Å². The molecule has 1 aliphatic heterocycles. The molecule has 7 nitrogen and oxygen atoms in total. The van der Waals surface area contributed by atoms with E-state index >= 15 is 0 Å². The third-order valence-corrected chi connectivity index (χ3v) is 5.16. The van der Waals surface area contributed by atoms with Crippen molar-refractivity contribution < 1.29 is 28.6 Å². The van der Waals surface area contributed by atoms with Crippen LogP contribution < -0.4 is 14.2 Å². The molecule has 0 aromatic heterocycles. The number of imide groups is 1. The summed E-state index contributed by atoms with van der Waals surface area (Å²) in [4.78, 5) is 38.5. The number of hydrogen-bond acceptors (Lipinski definition) is 7. The molecule has 1 heterocycles. The maximum Gasteiger partial charge on any atom is 0.293 e. The van der Waals surface area contributed by atoms with Gasteiger partial charge < -0.3 is 14.2 Å². The van der Waals surface area contributed by atoms with Crippen LogP contribution in [0.1, 0.15) is 15.9 Å². The second kappa shape index (κ2) is 8.83. The van der Waals surface area contributed by atoms with Gasteiger partial charge in [-0.1, -0.05) is 30.3 Å². The summed E-state index contributed by atoms with van der Waals surface area (Å²) >= 11 is 0.784. The highest BCUT2D eigenvalue weighted by atomic mass is 32.2. The molecular formula is C21H19NO6S. The summed E-state index contributed by atoms with van der Waals surface area (Å²) in [5, 5.41) is -0.488. The van der Waals surface area contributed by atoms with Crippen LogP contribution in [-0.4, -0.2) is 49.7 Å². The van der Waals surface area contributed by atoms with Crippen LogP contribution in [0, 0.1) is 0 Å². The van der Waals surface area contributed by atoms with Gasteiger partial charge in [0.25, 0.3) is 11.1 Å². The van der Waals surface area contributed by atoms with Gasteiger partial charge in [0, 0.05) is 5.56 Å². The molecule has 0 bridgehead atoms. The van der Waals surface area contributed by atoms with E-state index in [1.54, 1.807) is 48.5 Å². The van der Waals surface area contributed by atoms with Crippen molar-refractivity contribution in [3.8, 4) is 17.2 Å². The van der Waals surface area contributed by atoms with Crippen molar-refractivity contribution in [1.82, 2.24) is 4.90 Å². The SMILES string of the molecule is COc1cc(/C=C2/SC(=O)N(CC(=O)c3ccccc3)C2=O)cc(OC)c1OC. The molecule has 0 aliphatic carbocycles. The zero-order valence-corrected chi connectivity index (χ0v) is 16.9. The molecule has 29 heavy (non-hydrogen) atoms. The molecule has 8 heteroatoms. The maximum absolute atomic E-state index is 12.7. The van der Waals surface area contributed by atoms with E-state index in [-0.39, 0.29) is 17.2 Å². The van der Waals surface area contributed by atoms with Crippen LogP contribution in [-0.2, 0) is 4.79 Å².